The zero-order valence-electron chi connectivity index (χ0n) is 25.5. The summed E-state index contributed by atoms with van der Waals surface area (Å²) in [6.07, 6.45) is 13.0. The van der Waals surface area contributed by atoms with Gasteiger partial charge in [-0.15, -0.1) is 0 Å². The van der Waals surface area contributed by atoms with Crippen molar-refractivity contribution in [2.45, 2.75) is 32.6 Å². The van der Waals surface area contributed by atoms with Gasteiger partial charge in [0.1, 0.15) is 11.3 Å². The van der Waals surface area contributed by atoms with Crippen molar-refractivity contribution in [2.24, 2.45) is 0 Å². The maximum absolute atomic E-state index is 12.7. The first-order valence-corrected chi connectivity index (χ1v) is 15.1. The quantitative estimate of drug-likeness (QED) is 0.0781. The summed E-state index contributed by atoms with van der Waals surface area (Å²) in [6.45, 7) is 2.91. The van der Waals surface area contributed by atoms with E-state index in [9.17, 15) is 4.79 Å². The Morgan fingerprint density at radius 2 is 1.27 bits per heavy atom. The largest absolute Gasteiger partial charge is 0.497 e. The summed E-state index contributed by atoms with van der Waals surface area (Å²) in [5, 5.41) is 0.846. The van der Waals surface area contributed by atoms with E-state index in [-0.39, 0.29) is 5.63 Å². The Labute approximate surface area is 259 Å². The van der Waals surface area contributed by atoms with E-state index in [0.717, 1.165) is 51.1 Å². The van der Waals surface area contributed by atoms with E-state index < -0.39 is 0 Å². The van der Waals surface area contributed by atoms with Crippen LogP contribution >= 0.6 is 0 Å². The van der Waals surface area contributed by atoms with Crippen LogP contribution in [0.1, 0.15) is 54.9 Å². The second kappa shape index (κ2) is 14.9. The Morgan fingerprint density at radius 1 is 0.636 bits per heavy atom. The van der Waals surface area contributed by atoms with Crippen molar-refractivity contribution in [1.29, 1.82) is 0 Å². The number of rotatable bonds is 13. The third-order valence-electron chi connectivity index (χ3n) is 7.48. The molecule has 0 unspecified atom stereocenters. The Morgan fingerprint density at radius 3 is 1.91 bits per heavy atom. The van der Waals surface area contributed by atoms with E-state index >= 15 is 0 Å². The number of hydrogen-bond donors (Lipinski definition) is 0. The molecule has 44 heavy (non-hydrogen) atoms. The molecule has 0 amide bonds. The first-order valence-electron chi connectivity index (χ1n) is 15.1. The van der Waals surface area contributed by atoms with E-state index in [2.05, 4.69) is 55.5 Å². The molecule has 0 spiro atoms. The highest BCUT2D eigenvalue weighted by molar-refractivity contribution is 5.83. The van der Waals surface area contributed by atoms with Crippen molar-refractivity contribution in [3.8, 4) is 28.4 Å². The van der Waals surface area contributed by atoms with Crippen LogP contribution in [-0.4, -0.2) is 20.8 Å². The molecule has 4 aromatic carbocycles. The van der Waals surface area contributed by atoms with Crippen LogP contribution in [0, 0.1) is 0 Å². The molecular weight excluding hydrogens is 548 g/mol. The van der Waals surface area contributed by atoms with E-state index in [0.29, 0.717) is 23.5 Å². The SMILES string of the molecule is CCCCCCOc1ccc(C=Cc2ccc(C=Cc3ccc(-c4cc5ccc(OC)cc5oc4=O)cc3)cc2)cc1OC. The minimum Gasteiger partial charge on any atom is -0.497 e. The topological polar surface area (TPSA) is 57.9 Å². The number of fused-ring (bicyclic) bond motifs is 1. The second-order valence-electron chi connectivity index (χ2n) is 10.6. The molecule has 5 rings (SSSR count). The Balaban J connectivity index is 1.19. The molecule has 5 aromatic rings. The van der Waals surface area contributed by atoms with Crippen molar-refractivity contribution in [3.05, 3.63) is 124 Å². The first kappa shape index (κ1) is 30.4. The average molecular weight is 587 g/mol. The van der Waals surface area contributed by atoms with Crippen molar-refractivity contribution in [1.82, 2.24) is 0 Å². The van der Waals surface area contributed by atoms with Crippen molar-refractivity contribution in [2.75, 3.05) is 20.8 Å². The molecule has 0 aliphatic rings. The molecule has 0 bridgehead atoms. The van der Waals surface area contributed by atoms with Gasteiger partial charge in [-0.05, 0) is 64.6 Å². The fraction of sp³-hybridized carbons (Fsp3) is 0.205. The maximum Gasteiger partial charge on any atom is 0.344 e. The molecule has 5 heteroatoms. The van der Waals surface area contributed by atoms with E-state index in [4.69, 9.17) is 18.6 Å². The maximum atomic E-state index is 12.7. The molecule has 0 aliphatic heterocycles. The van der Waals surface area contributed by atoms with Crippen LogP contribution in [0.2, 0.25) is 0 Å². The summed E-state index contributed by atoms with van der Waals surface area (Å²) >= 11 is 0. The van der Waals surface area contributed by atoms with Gasteiger partial charge >= 0.3 is 5.63 Å². The number of hydrogen-bond acceptors (Lipinski definition) is 5. The predicted molar refractivity (Wildman–Crippen MR) is 181 cm³/mol. The lowest BCUT2D eigenvalue weighted by Gasteiger charge is -2.11. The molecular formula is C39H38O5. The van der Waals surface area contributed by atoms with E-state index in [1.807, 2.05) is 60.7 Å². The highest BCUT2D eigenvalue weighted by atomic mass is 16.5. The molecule has 0 radical (unpaired) electrons. The van der Waals surface area contributed by atoms with Crippen LogP contribution in [0.4, 0.5) is 0 Å². The number of benzene rings is 4. The van der Waals surface area contributed by atoms with Crippen molar-refractivity contribution in [3.63, 3.8) is 0 Å². The minimum absolute atomic E-state index is 0.374. The van der Waals surface area contributed by atoms with Crippen molar-refractivity contribution >= 4 is 35.3 Å². The second-order valence-corrected chi connectivity index (χ2v) is 10.6. The average Bonchev–Trinajstić information content (AvgIpc) is 3.06. The minimum atomic E-state index is -0.374. The van der Waals surface area contributed by atoms with E-state index in [1.165, 1.54) is 19.3 Å². The van der Waals surface area contributed by atoms with Gasteiger partial charge in [-0.2, -0.15) is 0 Å². The summed E-state index contributed by atoms with van der Waals surface area (Å²) in [7, 11) is 3.26. The molecule has 1 aromatic heterocycles. The Bertz CT molecular complexity index is 1790. The summed E-state index contributed by atoms with van der Waals surface area (Å²) in [6, 6.07) is 29.6. The number of methoxy groups -OCH3 is 2. The monoisotopic (exact) mass is 586 g/mol. The molecule has 0 aliphatic carbocycles. The van der Waals surface area contributed by atoms with Gasteiger partial charge in [0.15, 0.2) is 11.5 Å². The number of ether oxygens (including phenoxy) is 3. The normalized spacial score (nSPS) is 11.4. The first-order chi connectivity index (χ1) is 21.6. The van der Waals surface area contributed by atoms with Gasteiger partial charge in [-0.1, -0.05) is 105 Å². The molecule has 0 fully saturated rings. The number of unbranched alkanes of at least 4 members (excludes halogenated alkanes) is 3. The Hall–Kier alpha value is -5.03. The zero-order valence-corrected chi connectivity index (χ0v) is 25.5. The van der Waals surface area contributed by atoms with Gasteiger partial charge in [0.05, 0.1) is 26.4 Å². The highest BCUT2D eigenvalue weighted by Crippen LogP contribution is 2.29. The molecule has 1 heterocycles. The molecule has 0 saturated carbocycles. The molecule has 0 N–H and O–H groups in total. The van der Waals surface area contributed by atoms with Gasteiger partial charge < -0.3 is 18.6 Å². The van der Waals surface area contributed by atoms with Gasteiger partial charge in [0.2, 0.25) is 0 Å². The van der Waals surface area contributed by atoms with Crippen LogP contribution < -0.4 is 19.8 Å². The standard InChI is InChI=1S/C39H38O5/c1-4-5-6-7-24-43-36-23-18-31(25-38(36)42-3)15-14-29-10-8-28(9-11-29)12-13-30-16-19-32(20-17-30)35-26-33-21-22-34(41-2)27-37(33)44-39(35)40/h8-23,25-27H,4-7,24H2,1-3H3. The summed E-state index contributed by atoms with van der Waals surface area (Å²) in [5.41, 5.74) is 5.76. The van der Waals surface area contributed by atoms with Gasteiger partial charge in [0.25, 0.3) is 0 Å². The summed E-state index contributed by atoms with van der Waals surface area (Å²) in [5.74, 6) is 2.18. The van der Waals surface area contributed by atoms with Crippen LogP contribution in [-0.2, 0) is 0 Å². The van der Waals surface area contributed by atoms with Crippen LogP contribution in [0.3, 0.4) is 0 Å². The van der Waals surface area contributed by atoms with Gasteiger partial charge in [-0.3, -0.25) is 0 Å². The molecule has 0 atom stereocenters. The van der Waals surface area contributed by atoms with Gasteiger partial charge in [-0.25, -0.2) is 4.79 Å². The molecule has 0 saturated heterocycles. The van der Waals surface area contributed by atoms with Gasteiger partial charge in [0, 0.05) is 11.5 Å². The Kier molecular flexibility index (Phi) is 10.3. The van der Waals surface area contributed by atoms with Crippen LogP contribution in [0.25, 0.3) is 46.4 Å². The summed E-state index contributed by atoms with van der Waals surface area (Å²) < 4.78 is 22.3. The fourth-order valence-corrected chi connectivity index (χ4v) is 4.91. The third kappa shape index (κ3) is 7.87. The third-order valence-corrected chi connectivity index (χ3v) is 7.48. The highest BCUT2D eigenvalue weighted by Gasteiger charge is 2.09. The van der Waals surface area contributed by atoms with E-state index in [1.54, 1.807) is 20.3 Å². The van der Waals surface area contributed by atoms with Crippen LogP contribution in [0.5, 0.6) is 17.2 Å². The summed E-state index contributed by atoms with van der Waals surface area (Å²) in [4.78, 5) is 12.7. The lowest BCUT2D eigenvalue weighted by atomic mass is 10.0. The lowest BCUT2D eigenvalue weighted by molar-refractivity contribution is 0.285. The molecule has 224 valence electrons. The predicted octanol–water partition coefficient (Wildman–Crippen LogP) is 9.78. The molecule has 5 nitrogen and oxygen atoms in total. The fourth-order valence-electron chi connectivity index (χ4n) is 4.91. The van der Waals surface area contributed by atoms with Crippen molar-refractivity contribution < 1.29 is 18.6 Å². The smallest absolute Gasteiger partial charge is 0.344 e. The zero-order chi connectivity index (χ0) is 30.7. The lowest BCUT2D eigenvalue weighted by Crippen LogP contribution is -2.02. The van der Waals surface area contributed by atoms with Crippen LogP contribution in [0.15, 0.2) is 100 Å².